The highest BCUT2D eigenvalue weighted by molar-refractivity contribution is 9.10. The van der Waals surface area contributed by atoms with Crippen molar-refractivity contribution in [2.24, 2.45) is 0 Å². The van der Waals surface area contributed by atoms with E-state index in [2.05, 4.69) is 21.2 Å². The minimum atomic E-state index is 0.545. The molecule has 1 N–H and O–H groups in total. The van der Waals surface area contributed by atoms with Gasteiger partial charge in [-0.1, -0.05) is 22.0 Å². The first-order valence-corrected chi connectivity index (χ1v) is 9.84. The van der Waals surface area contributed by atoms with Crippen molar-refractivity contribution in [3.8, 4) is 11.5 Å². The lowest BCUT2D eigenvalue weighted by atomic mass is 10.2. The van der Waals surface area contributed by atoms with Crippen LogP contribution in [0.3, 0.4) is 0 Å². The smallest absolute Gasteiger partial charge is 0.174 e. The van der Waals surface area contributed by atoms with E-state index < -0.39 is 0 Å². The molecule has 0 spiro atoms. The van der Waals surface area contributed by atoms with Crippen LogP contribution in [0.4, 0.5) is 5.69 Å². The Balaban J connectivity index is 1.80. The van der Waals surface area contributed by atoms with Crippen LogP contribution in [0.1, 0.15) is 11.3 Å². The summed E-state index contributed by atoms with van der Waals surface area (Å²) in [6.07, 6.45) is 1.66. The highest BCUT2D eigenvalue weighted by Crippen LogP contribution is 2.28. The number of halogens is 1. The van der Waals surface area contributed by atoms with Gasteiger partial charge in [0.25, 0.3) is 0 Å². The zero-order chi connectivity index (χ0) is 19.9. The fourth-order valence-electron chi connectivity index (χ4n) is 2.73. The van der Waals surface area contributed by atoms with Crippen LogP contribution >= 0.6 is 28.1 Å². The molecule has 0 aliphatic heterocycles. The largest absolute Gasteiger partial charge is 0.493 e. The van der Waals surface area contributed by atoms with Crippen LogP contribution in [0.25, 0.3) is 0 Å². The Morgan fingerprint density at radius 3 is 2.43 bits per heavy atom. The first-order valence-electron chi connectivity index (χ1n) is 8.64. The van der Waals surface area contributed by atoms with Gasteiger partial charge in [0.1, 0.15) is 5.76 Å². The molecule has 7 heteroatoms. The second-order valence-corrected chi connectivity index (χ2v) is 7.36. The number of rotatable bonds is 7. The Morgan fingerprint density at radius 2 is 1.79 bits per heavy atom. The van der Waals surface area contributed by atoms with E-state index in [1.807, 2.05) is 59.5 Å². The molecule has 0 amide bonds. The number of thiocarbonyl (C=S) groups is 1. The zero-order valence-electron chi connectivity index (χ0n) is 15.6. The summed E-state index contributed by atoms with van der Waals surface area (Å²) in [6, 6.07) is 17.5. The van der Waals surface area contributed by atoms with Crippen LogP contribution in [0, 0.1) is 0 Å². The van der Waals surface area contributed by atoms with Crippen molar-refractivity contribution in [2.75, 3.05) is 19.5 Å². The van der Waals surface area contributed by atoms with E-state index >= 15 is 0 Å². The van der Waals surface area contributed by atoms with Gasteiger partial charge in [-0.15, -0.1) is 0 Å². The van der Waals surface area contributed by atoms with Gasteiger partial charge in [0.05, 0.1) is 27.0 Å². The average molecular weight is 461 g/mol. The van der Waals surface area contributed by atoms with Crippen molar-refractivity contribution in [3.63, 3.8) is 0 Å². The van der Waals surface area contributed by atoms with E-state index in [0.717, 1.165) is 21.5 Å². The molecule has 0 saturated heterocycles. The fraction of sp³-hybridized carbons (Fsp3) is 0.190. The molecule has 0 saturated carbocycles. The van der Waals surface area contributed by atoms with Crippen LogP contribution in [-0.4, -0.2) is 24.2 Å². The van der Waals surface area contributed by atoms with Gasteiger partial charge in [0.15, 0.2) is 16.6 Å². The third-order valence-electron chi connectivity index (χ3n) is 4.13. The monoisotopic (exact) mass is 460 g/mol. The molecule has 0 fully saturated rings. The van der Waals surface area contributed by atoms with Gasteiger partial charge in [-0.2, -0.15) is 0 Å². The van der Waals surface area contributed by atoms with Crippen molar-refractivity contribution >= 4 is 38.9 Å². The Morgan fingerprint density at radius 1 is 1.04 bits per heavy atom. The van der Waals surface area contributed by atoms with Crippen LogP contribution < -0.4 is 14.8 Å². The number of methoxy groups -OCH3 is 2. The number of hydrogen-bond donors (Lipinski definition) is 1. The van der Waals surface area contributed by atoms with E-state index in [4.69, 9.17) is 26.1 Å². The second kappa shape index (κ2) is 9.61. The van der Waals surface area contributed by atoms with Crippen LogP contribution in [0.2, 0.25) is 0 Å². The molecular weight excluding hydrogens is 440 g/mol. The number of anilines is 1. The second-order valence-electron chi connectivity index (χ2n) is 6.06. The number of benzene rings is 2. The van der Waals surface area contributed by atoms with Gasteiger partial charge in [0, 0.05) is 16.7 Å². The highest BCUT2D eigenvalue weighted by atomic mass is 79.9. The van der Waals surface area contributed by atoms with Gasteiger partial charge < -0.3 is 24.1 Å². The molecule has 1 aromatic heterocycles. The lowest BCUT2D eigenvalue weighted by Gasteiger charge is -2.25. The fourth-order valence-corrected chi connectivity index (χ4v) is 3.24. The Bertz CT molecular complexity index is 914. The predicted molar refractivity (Wildman–Crippen MR) is 118 cm³/mol. The molecule has 1 heterocycles. The molecule has 5 nitrogen and oxygen atoms in total. The lowest BCUT2D eigenvalue weighted by molar-refractivity contribution is 0.348. The third kappa shape index (κ3) is 5.27. The topological polar surface area (TPSA) is 46.9 Å². The molecule has 0 aliphatic carbocycles. The summed E-state index contributed by atoms with van der Waals surface area (Å²) >= 11 is 9.12. The molecule has 0 aliphatic rings. The normalized spacial score (nSPS) is 10.4. The molecule has 0 radical (unpaired) electrons. The highest BCUT2D eigenvalue weighted by Gasteiger charge is 2.15. The van der Waals surface area contributed by atoms with Gasteiger partial charge >= 0.3 is 0 Å². The van der Waals surface area contributed by atoms with E-state index in [9.17, 15) is 0 Å². The Labute approximate surface area is 178 Å². The van der Waals surface area contributed by atoms with E-state index in [-0.39, 0.29) is 0 Å². The van der Waals surface area contributed by atoms with Gasteiger partial charge in [0.2, 0.25) is 0 Å². The summed E-state index contributed by atoms with van der Waals surface area (Å²) in [6.45, 7) is 1.13. The molecule has 3 rings (SSSR count). The van der Waals surface area contributed by atoms with Crippen molar-refractivity contribution in [2.45, 2.75) is 13.1 Å². The van der Waals surface area contributed by atoms with E-state index in [1.54, 1.807) is 20.5 Å². The molecule has 146 valence electrons. The average Bonchev–Trinajstić information content (AvgIpc) is 3.22. The van der Waals surface area contributed by atoms with Gasteiger partial charge in [-0.05, 0) is 66.3 Å². The Kier molecular flexibility index (Phi) is 6.95. The van der Waals surface area contributed by atoms with Gasteiger partial charge in [-0.25, -0.2) is 0 Å². The number of hydrogen-bond acceptors (Lipinski definition) is 4. The van der Waals surface area contributed by atoms with Crippen LogP contribution in [0.5, 0.6) is 11.5 Å². The van der Waals surface area contributed by atoms with Crippen LogP contribution in [0.15, 0.2) is 69.8 Å². The number of furan rings is 1. The van der Waals surface area contributed by atoms with E-state index in [1.165, 1.54) is 0 Å². The summed E-state index contributed by atoms with van der Waals surface area (Å²) in [4.78, 5) is 2.04. The summed E-state index contributed by atoms with van der Waals surface area (Å²) in [5.41, 5.74) is 1.97. The number of nitrogens with one attached hydrogen (secondary N) is 1. The summed E-state index contributed by atoms with van der Waals surface area (Å²) in [5.74, 6) is 2.21. The minimum absolute atomic E-state index is 0.545. The van der Waals surface area contributed by atoms with Crippen molar-refractivity contribution in [1.29, 1.82) is 0 Å². The Hall–Kier alpha value is -2.51. The first-order chi connectivity index (χ1) is 13.6. The number of nitrogens with zero attached hydrogens (tertiary/aromatic N) is 1. The SMILES string of the molecule is COc1ccc(CN(Cc2ccco2)C(=S)Nc2ccc(Br)cc2)cc1OC. The maximum atomic E-state index is 5.68. The molecule has 0 unspecified atom stereocenters. The van der Waals surface area contributed by atoms with Crippen LogP contribution in [-0.2, 0) is 13.1 Å². The quantitative estimate of drug-likeness (QED) is 0.472. The standard InChI is InChI=1S/C21H21BrN2O3S/c1-25-19-10-5-15(12-20(19)26-2)13-24(14-18-4-3-11-27-18)21(28)23-17-8-6-16(22)7-9-17/h3-12H,13-14H2,1-2H3,(H,23,28). The number of ether oxygens (including phenoxy) is 2. The lowest BCUT2D eigenvalue weighted by Crippen LogP contribution is -2.33. The molecule has 0 bridgehead atoms. The first kappa shape index (κ1) is 20.2. The molecule has 2 aromatic carbocycles. The van der Waals surface area contributed by atoms with Crippen molar-refractivity contribution in [3.05, 3.63) is 76.7 Å². The molecular formula is C21H21BrN2O3S. The minimum Gasteiger partial charge on any atom is -0.493 e. The predicted octanol–water partition coefficient (Wildman–Crippen LogP) is 5.46. The summed E-state index contributed by atoms with van der Waals surface area (Å²) < 4.78 is 17.3. The summed E-state index contributed by atoms with van der Waals surface area (Å²) in [5, 5.41) is 3.90. The molecule has 28 heavy (non-hydrogen) atoms. The van der Waals surface area contributed by atoms with Gasteiger partial charge in [-0.3, -0.25) is 0 Å². The molecule has 3 aromatic rings. The van der Waals surface area contributed by atoms with Crippen molar-refractivity contribution < 1.29 is 13.9 Å². The summed E-state index contributed by atoms with van der Waals surface area (Å²) in [7, 11) is 3.25. The maximum Gasteiger partial charge on any atom is 0.174 e. The zero-order valence-corrected chi connectivity index (χ0v) is 18.0. The molecule has 0 atom stereocenters. The van der Waals surface area contributed by atoms with Crippen molar-refractivity contribution in [1.82, 2.24) is 4.90 Å². The third-order valence-corrected chi connectivity index (χ3v) is 5.02. The van der Waals surface area contributed by atoms with E-state index in [0.29, 0.717) is 29.7 Å². The maximum absolute atomic E-state index is 5.68.